The topological polar surface area (TPSA) is 40.5 Å². The van der Waals surface area contributed by atoms with Crippen LogP contribution in [0.2, 0.25) is 5.02 Å². The number of carboxylic acids is 1. The third-order valence-electron chi connectivity index (χ3n) is 3.17. The summed E-state index contributed by atoms with van der Waals surface area (Å²) in [5.41, 5.74) is 1.83. The Bertz CT molecular complexity index is 523. The number of anilines is 1. The molecule has 1 aromatic carbocycles. The predicted octanol–water partition coefficient (Wildman–Crippen LogP) is 3.77. The molecular formula is C15H18ClNO2S. The molecule has 1 aromatic rings. The minimum atomic E-state index is -0.971. The molecule has 1 fully saturated rings. The van der Waals surface area contributed by atoms with Gasteiger partial charge in [-0.05, 0) is 23.8 Å². The van der Waals surface area contributed by atoms with Gasteiger partial charge < -0.3 is 10.0 Å². The van der Waals surface area contributed by atoms with Crippen LogP contribution in [0.4, 0.5) is 5.69 Å². The number of hydrogen-bond acceptors (Lipinski definition) is 3. The lowest BCUT2D eigenvalue weighted by Crippen LogP contribution is -2.40. The molecule has 108 valence electrons. The van der Waals surface area contributed by atoms with E-state index in [4.69, 9.17) is 16.7 Å². The highest BCUT2D eigenvalue weighted by molar-refractivity contribution is 8.00. The van der Waals surface area contributed by atoms with Crippen LogP contribution in [0, 0.1) is 0 Å². The molecule has 0 aromatic heterocycles. The van der Waals surface area contributed by atoms with Gasteiger partial charge in [0.15, 0.2) is 0 Å². The molecule has 2 rings (SSSR count). The summed E-state index contributed by atoms with van der Waals surface area (Å²) >= 11 is 8.24. The molecule has 2 atom stereocenters. The second-order valence-electron chi connectivity index (χ2n) is 5.04. The van der Waals surface area contributed by atoms with E-state index in [0.717, 1.165) is 30.4 Å². The first-order valence-corrected chi connectivity index (χ1v) is 7.88. The third kappa shape index (κ3) is 3.93. The number of thioether (sulfide) groups is 1. The van der Waals surface area contributed by atoms with Crippen LogP contribution in [-0.4, -0.2) is 34.7 Å². The smallest absolute Gasteiger partial charge is 0.328 e. The number of nitrogens with zero attached hydrogens (tertiary/aromatic N) is 1. The second kappa shape index (κ2) is 6.55. The van der Waals surface area contributed by atoms with Crippen LogP contribution in [0.25, 0.3) is 6.08 Å². The number of halogens is 1. The summed E-state index contributed by atoms with van der Waals surface area (Å²) in [5, 5.41) is 10.4. The lowest BCUT2D eigenvalue weighted by molar-refractivity contribution is -0.131. The molecule has 0 bridgehead atoms. The van der Waals surface area contributed by atoms with Gasteiger partial charge in [-0.2, -0.15) is 11.8 Å². The zero-order chi connectivity index (χ0) is 14.7. The first-order valence-electron chi connectivity index (χ1n) is 6.56. The number of hydrogen-bond donors (Lipinski definition) is 1. The van der Waals surface area contributed by atoms with Gasteiger partial charge in [0, 0.05) is 40.4 Å². The summed E-state index contributed by atoms with van der Waals surface area (Å²) < 4.78 is 0. The van der Waals surface area contributed by atoms with Gasteiger partial charge in [0.1, 0.15) is 0 Å². The minimum Gasteiger partial charge on any atom is -0.478 e. The average molecular weight is 312 g/mol. The van der Waals surface area contributed by atoms with E-state index in [9.17, 15) is 4.79 Å². The predicted molar refractivity (Wildman–Crippen MR) is 86.8 cm³/mol. The lowest BCUT2D eigenvalue weighted by Gasteiger charge is -2.36. The maximum Gasteiger partial charge on any atom is 0.328 e. The van der Waals surface area contributed by atoms with Crippen molar-refractivity contribution in [1.82, 2.24) is 0 Å². The number of aliphatic carboxylic acids is 1. The molecule has 3 nitrogen and oxygen atoms in total. The van der Waals surface area contributed by atoms with Gasteiger partial charge in [0.2, 0.25) is 0 Å². The molecule has 20 heavy (non-hydrogen) atoms. The number of carboxylic acid groups (broad SMARTS) is 1. The Morgan fingerprint density at radius 3 is 2.60 bits per heavy atom. The van der Waals surface area contributed by atoms with Crippen molar-refractivity contribution in [2.24, 2.45) is 0 Å². The van der Waals surface area contributed by atoms with Crippen molar-refractivity contribution < 1.29 is 9.90 Å². The van der Waals surface area contributed by atoms with Crippen LogP contribution in [0.1, 0.15) is 19.4 Å². The molecule has 1 aliphatic heterocycles. The molecule has 0 amide bonds. The SMILES string of the molecule is CC1CN(c2ccc(/C=C/C(=O)O)c(Cl)c2)CC(C)S1. The van der Waals surface area contributed by atoms with Crippen LogP contribution in [0.15, 0.2) is 24.3 Å². The average Bonchev–Trinajstić information content (AvgIpc) is 2.35. The highest BCUT2D eigenvalue weighted by Gasteiger charge is 2.22. The Kier molecular flexibility index (Phi) is 5.00. The second-order valence-corrected chi connectivity index (χ2v) is 7.33. The van der Waals surface area contributed by atoms with E-state index in [2.05, 4.69) is 18.7 Å². The van der Waals surface area contributed by atoms with Crippen molar-refractivity contribution in [1.29, 1.82) is 0 Å². The Hall–Kier alpha value is -1.13. The number of benzene rings is 1. The number of rotatable bonds is 3. The fraction of sp³-hybridized carbons (Fsp3) is 0.400. The molecule has 1 N–H and O–H groups in total. The fourth-order valence-electron chi connectivity index (χ4n) is 2.40. The van der Waals surface area contributed by atoms with Crippen molar-refractivity contribution in [2.45, 2.75) is 24.3 Å². The van der Waals surface area contributed by atoms with E-state index in [0.29, 0.717) is 15.5 Å². The standard InChI is InChI=1S/C15H18ClNO2S/c1-10-8-17(9-11(2)20-10)13-5-3-12(14(16)7-13)4-6-15(18)19/h3-7,10-11H,8-9H2,1-2H3,(H,18,19)/b6-4+. The van der Waals surface area contributed by atoms with Crippen molar-refractivity contribution in [3.63, 3.8) is 0 Å². The van der Waals surface area contributed by atoms with Crippen LogP contribution in [-0.2, 0) is 4.79 Å². The Balaban J connectivity index is 2.18. The van der Waals surface area contributed by atoms with Crippen LogP contribution in [0.3, 0.4) is 0 Å². The Morgan fingerprint density at radius 2 is 2.05 bits per heavy atom. The van der Waals surface area contributed by atoms with E-state index >= 15 is 0 Å². The van der Waals surface area contributed by atoms with Gasteiger partial charge in [0.25, 0.3) is 0 Å². The molecule has 2 unspecified atom stereocenters. The van der Waals surface area contributed by atoms with Crippen molar-refractivity contribution >= 4 is 41.1 Å². The van der Waals surface area contributed by atoms with Crippen LogP contribution >= 0.6 is 23.4 Å². The Labute approximate surface area is 128 Å². The van der Waals surface area contributed by atoms with E-state index in [-0.39, 0.29) is 0 Å². The minimum absolute atomic E-state index is 0.582. The maximum absolute atomic E-state index is 10.5. The molecule has 0 aliphatic carbocycles. The summed E-state index contributed by atoms with van der Waals surface area (Å²) in [6.07, 6.45) is 2.62. The summed E-state index contributed by atoms with van der Waals surface area (Å²) in [6, 6.07) is 5.79. The van der Waals surface area contributed by atoms with Gasteiger partial charge in [-0.25, -0.2) is 4.79 Å². The largest absolute Gasteiger partial charge is 0.478 e. The van der Waals surface area contributed by atoms with E-state index < -0.39 is 5.97 Å². The van der Waals surface area contributed by atoms with Crippen molar-refractivity contribution in [2.75, 3.05) is 18.0 Å². The number of carbonyl (C=O) groups is 1. The van der Waals surface area contributed by atoms with E-state index in [1.54, 1.807) is 0 Å². The van der Waals surface area contributed by atoms with E-state index in [1.807, 2.05) is 30.0 Å². The first-order chi connectivity index (χ1) is 9.45. The summed E-state index contributed by atoms with van der Waals surface area (Å²) in [7, 11) is 0. The molecule has 1 saturated heterocycles. The first kappa shape index (κ1) is 15.3. The normalized spacial score (nSPS) is 23.2. The fourth-order valence-corrected chi connectivity index (χ4v) is 3.96. The maximum atomic E-state index is 10.5. The van der Waals surface area contributed by atoms with Crippen molar-refractivity contribution in [3.05, 3.63) is 34.9 Å². The molecule has 5 heteroatoms. The Morgan fingerprint density at radius 1 is 1.40 bits per heavy atom. The third-order valence-corrected chi connectivity index (χ3v) is 4.73. The van der Waals surface area contributed by atoms with Gasteiger partial charge >= 0.3 is 5.97 Å². The quantitative estimate of drug-likeness (QED) is 0.863. The monoisotopic (exact) mass is 311 g/mol. The van der Waals surface area contributed by atoms with Crippen LogP contribution < -0.4 is 4.90 Å². The molecule has 0 radical (unpaired) electrons. The molecule has 0 spiro atoms. The summed E-state index contributed by atoms with van der Waals surface area (Å²) in [5.74, 6) is -0.971. The molecule has 0 saturated carbocycles. The summed E-state index contributed by atoms with van der Waals surface area (Å²) in [4.78, 5) is 12.9. The van der Waals surface area contributed by atoms with E-state index in [1.165, 1.54) is 6.08 Å². The van der Waals surface area contributed by atoms with Crippen molar-refractivity contribution in [3.8, 4) is 0 Å². The van der Waals surface area contributed by atoms with Gasteiger partial charge in [-0.15, -0.1) is 0 Å². The molecular weight excluding hydrogens is 294 g/mol. The zero-order valence-electron chi connectivity index (χ0n) is 11.5. The highest BCUT2D eigenvalue weighted by Crippen LogP contribution is 2.31. The van der Waals surface area contributed by atoms with Crippen LogP contribution in [0.5, 0.6) is 0 Å². The highest BCUT2D eigenvalue weighted by atomic mass is 35.5. The molecule has 1 heterocycles. The van der Waals surface area contributed by atoms with Gasteiger partial charge in [-0.3, -0.25) is 0 Å². The van der Waals surface area contributed by atoms with Gasteiger partial charge in [-0.1, -0.05) is 31.5 Å². The van der Waals surface area contributed by atoms with Gasteiger partial charge in [0.05, 0.1) is 0 Å². The summed E-state index contributed by atoms with van der Waals surface area (Å²) in [6.45, 7) is 6.49. The molecule has 1 aliphatic rings. The lowest BCUT2D eigenvalue weighted by atomic mass is 10.1. The zero-order valence-corrected chi connectivity index (χ0v) is 13.1.